The summed E-state index contributed by atoms with van der Waals surface area (Å²) in [6, 6.07) is 8.95. The van der Waals surface area contributed by atoms with Crippen LogP contribution in [0.15, 0.2) is 48.7 Å². The van der Waals surface area contributed by atoms with E-state index >= 15 is 0 Å². The van der Waals surface area contributed by atoms with Gasteiger partial charge in [-0.15, -0.1) is 0 Å². The number of hydrogen-bond acceptors (Lipinski definition) is 3. The number of allylic oxidation sites excluding steroid dienone is 1. The van der Waals surface area contributed by atoms with Gasteiger partial charge in [0.15, 0.2) is 0 Å². The van der Waals surface area contributed by atoms with Crippen LogP contribution in [-0.2, 0) is 15.7 Å². The quantitative estimate of drug-likeness (QED) is 0.453. The third-order valence-corrected chi connectivity index (χ3v) is 8.21. The lowest BCUT2D eigenvalue weighted by molar-refractivity contribution is -0.144. The molecular formula is C28H30F3NO2. The van der Waals surface area contributed by atoms with Gasteiger partial charge in [0.2, 0.25) is 0 Å². The number of aromatic nitrogens is 1. The molecule has 34 heavy (non-hydrogen) atoms. The highest BCUT2D eigenvalue weighted by Crippen LogP contribution is 2.54. The van der Waals surface area contributed by atoms with Crippen molar-refractivity contribution in [1.29, 1.82) is 0 Å². The summed E-state index contributed by atoms with van der Waals surface area (Å²) >= 11 is 0. The van der Waals surface area contributed by atoms with Gasteiger partial charge in [-0.3, -0.25) is 9.78 Å². The molecule has 1 aromatic heterocycles. The summed E-state index contributed by atoms with van der Waals surface area (Å²) in [4.78, 5) is 17.0. The summed E-state index contributed by atoms with van der Waals surface area (Å²) in [5.41, 5.74) is 1.23. The zero-order valence-electron chi connectivity index (χ0n) is 19.5. The van der Waals surface area contributed by atoms with Crippen LogP contribution in [0, 0.1) is 35.5 Å². The molecule has 1 aromatic carbocycles. The number of benzene rings is 1. The largest absolute Gasteiger partial charge is 0.462 e. The predicted molar refractivity (Wildman–Crippen MR) is 124 cm³/mol. The maximum absolute atomic E-state index is 13.1. The summed E-state index contributed by atoms with van der Waals surface area (Å²) in [7, 11) is 0. The molecule has 1 aliphatic heterocycles. The minimum absolute atomic E-state index is 0.0209. The van der Waals surface area contributed by atoms with E-state index in [4.69, 9.17) is 4.74 Å². The third-order valence-electron chi connectivity index (χ3n) is 8.21. The van der Waals surface area contributed by atoms with Gasteiger partial charge < -0.3 is 4.74 Å². The number of rotatable bonds is 3. The SMILES string of the molecule is C[C@@H]1CC[C@@H]2[C@@H](C1)C[C@H]1C(=O)O[C@H](C)[C@H]1[C@H]2/C=C/c1ccc(-c2cccc(C(F)(F)F)c2)cn1. The molecule has 7 atom stereocenters. The molecule has 1 saturated heterocycles. The number of nitrogens with zero attached hydrogens (tertiary/aromatic N) is 1. The molecule has 2 heterocycles. The minimum atomic E-state index is -4.37. The summed E-state index contributed by atoms with van der Waals surface area (Å²) in [5.74, 6) is 2.19. The predicted octanol–water partition coefficient (Wildman–Crippen LogP) is 7.03. The molecule has 0 amide bonds. The van der Waals surface area contributed by atoms with Crippen molar-refractivity contribution < 1.29 is 22.7 Å². The molecule has 2 saturated carbocycles. The van der Waals surface area contributed by atoms with Crippen molar-refractivity contribution in [1.82, 2.24) is 4.98 Å². The normalized spacial score (nSPS) is 33.4. The van der Waals surface area contributed by atoms with E-state index in [0.717, 1.165) is 24.2 Å². The molecule has 0 unspecified atom stereocenters. The second-order valence-corrected chi connectivity index (χ2v) is 10.4. The number of fused-ring (bicyclic) bond motifs is 2. The zero-order valence-corrected chi connectivity index (χ0v) is 19.5. The molecule has 5 rings (SSSR count). The molecule has 3 nitrogen and oxygen atoms in total. The smallest absolute Gasteiger partial charge is 0.416 e. The Morgan fingerprint density at radius 1 is 1.06 bits per heavy atom. The highest BCUT2D eigenvalue weighted by Gasteiger charge is 2.54. The van der Waals surface area contributed by atoms with E-state index in [1.165, 1.54) is 25.3 Å². The number of carbonyl (C=O) groups is 1. The molecule has 180 valence electrons. The molecule has 3 fully saturated rings. The summed E-state index contributed by atoms with van der Waals surface area (Å²) in [5, 5.41) is 0. The monoisotopic (exact) mass is 469 g/mol. The molecular weight excluding hydrogens is 439 g/mol. The van der Waals surface area contributed by atoms with Crippen LogP contribution in [-0.4, -0.2) is 17.1 Å². The van der Waals surface area contributed by atoms with Crippen molar-refractivity contribution in [2.24, 2.45) is 35.5 Å². The van der Waals surface area contributed by atoms with Gasteiger partial charge in [-0.2, -0.15) is 13.2 Å². The minimum Gasteiger partial charge on any atom is -0.462 e. The Morgan fingerprint density at radius 3 is 2.62 bits per heavy atom. The van der Waals surface area contributed by atoms with Crippen LogP contribution in [0.1, 0.15) is 50.8 Å². The van der Waals surface area contributed by atoms with Crippen molar-refractivity contribution in [3.05, 3.63) is 59.9 Å². The van der Waals surface area contributed by atoms with Crippen molar-refractivity contribution in [2.45, 2.75) is 51.8 Å². The van der Waals surface area contributed by atoms with Gasteiger partial charge in [0.05, 0.1) is 17.2 Å². The Bertz CT molecular complexity index is 1080. The topological polar surface area (TPSA) is 39.2 Å². The van der Waals surface area contributed by atoms with E-state index in [-0.39, 0.29) is 29.8 Å². The number of alkyl halides is 3. The average Bonchev–Trinajstić information content (AvgIpc) is 3.09. The van der Waals surface area contributed by atoms with E-state index in [9.17, 15) is 18.0 Å². The Labute approximate surface area is 198 Å². The number of cyclic esters (lactones) is 1. The lowest BCUT2D eigenvalue weighted by atomic mass is 9.56. The van der Waals surface area contributed by atoms with Crippen LogP contribution < -0.4 is 0 Å². The van der Waals surface area contributed by atoms with Crippen LogP contribution in [0.3, 0.4) is 0 Å². The maximum atomic E-state index is 13.1. The van der Waals surface area contributed by atoms with Crippen LogP contribution in [0.25, 0.3) is 17.2 Å². The molecule has 3 aliphatic rings. The highest BCUT2D eigenvalue weighted by molar-refractivity contribution is 5.75. The number of ether oxygens (including phenoxy) is 1. The first-order chi connectivity index (χ1) is 16.2. The second kappa shape index (κ2) is 8.86. The summed E-state index contributed by atoms with van der Waals surface area (Å²) in [6.07, 6.45) is 5.89. The Hall–Kier alpha value is -2.63. The summed E-state index contributed by atoms with van der Waals surface area (Å²) in [6.45, 7) is 4.32. The Morgan fingerprint density at radius 2 is 1.88 bits per heavy atom. The molecule has 0 N–H and O–H groups in total. The van der Waals surface area contributed by atoms with Crippen molar-refractivity contribution in [2.75, 3.05) is 0 Å². The number of esters is 1. The lowest BCUT2D eigenvalue weighted by Crippen LogP contribution is -2.43. The van der Waals surface area contributed by atoms with Gasteiger partial charge in [-0.25, -0.2) is 0 Å². The van der Waals surface area contributed by atoms with Gasteiger partial charge >= 0.3 is 12.1 Å². The maximum Gasteiger partial charge on any atom is 0.416 e. The van der Waals surface area contributed by atoms with E-state index in [1.807, 2.05) is 25.1 Å². The van der Waals surface area contributed by atoms with E-state index < -0.39 is 11.7 Å². The molecule has 0 radical (unpaired) electrons. The molecule has 6 heteroatoms. The van der Waals surface area contributed by atoms with E-state index in [2.05, 4.69) is 18.0 Å². The number of halogens is 3. The van der Waals surface area contributed by atoms with Crippen LogP contribution in [0.4, 0.5) is 13.2 Å². The van der Waals surface area contributed by atoms with Crippen molar-refractivity contribution in [3.63, 3.8) is 0 Å². The zero-order chi connectivity index (χ0) is 24.0. The average molecular weight is 470 g/mol. The fourth-order valence-electron chi connectivity index (χ4n) is 6.61. The number of pyridine rings is 1. The lowest BCUT2D eigenvalue weighted by Gasteiger charge is -2.47. The molecule has 2 aliphatic carbocycles. The van der Waals surface area contributed by atoms with Gasteiger partial charge in [-0.05, 0) is 79.7 Å². The first kappa shape index (κ1) is 23.1. The summed E-state index contributed by atoms with van der Waals surface area (Å²) < 4.78 is 44.8. The fourth-order valence-corrected chi connectivity index (χ4v) is 6.61. The van der Waals surface area contributed by atoms with Crippen molar-refractivity contribution >= 4 is 12.0 Å². The van der Waals surface area contributed by atoms with E-state index in [1.54, 1.807) is 12.3 Å². The Kier molecular flexibility index (Phi) is 6.03. The molecule has 0 bridgehead atoms. The van der Waals surface area contributed by atoms with Gasteiger partial charge in [-0.1, -0.05) is 37.6 Å². The van der Waals surface area contributed by atoms with Crippen LogP contribution in [0.5, 0.6) is 0 Å². The van der Waals surface area contributed by atoms with Crippen LogP contribution in [0.2, 0.25) is 0 Å². The second-order valence-electron chi connectivity index (χ2n) is 10.4. The standard InChI is InChI=1S/C28H30F3NO2/c1-16-6-10-23-20(12-16)14-25-26(17(2)34-27(25)33)24(23)11-9-22-8-7-19(15-32-22)18-4-3-5-21(13-18)28(29,30)31/h3-5,7-9,11,13,15-17,20,23-26H,6,10,12,14H2,1-2H3/b11-9+/t16-,17-,20+,23-,24+,25-,26+/m1/s1. The van der Waals surface area contributed by atoms with Gasteiger partial charge in [0, 0.05) is 17.7 Å². The third kappa shape index (κ3) is 4.39. The Balaban J connectivity index is 1.38. The molecule has 2 aromatic rings. The highest BCUT2D eigenvalue weighted by atomic mass is 19.4. The van der Waals surface area contributed by atoms with Gasteiger partial charge in [0.25, 0.3) is 0 Å². The fraction of sp³-hybridized carbons (Fsp3) is 0.500. The first-order valence-electron chi connectivity index (χ1n) is 12.2. The van der Waals surface area contributed by atoms with Gasteiger partial charge in [0.1, 0.15) is 6.10 Å². The number of hydrogen-bond donors (Lipinski definition) is 0. The van der Waals surface area contributed by atoms with Crippen molar-refractivity contribution in [3.8, 4) is 11.1 Å². The first-order valence-corrected chi connectivity index (χ1v) is 12.2. The van der Waals surface area contributed by atoms with E-state index in [0.29, 0.717) is 28.9 Å². The number of carbonyl (C=O) groups excluding carboxylic acids is 1. The molecule has 0 spiro atoms. The van der Waals surface area contributed by atoms with Crippen LogP contribution >= 0.6 is 0 Å².